The summed E-state index contributed by atoms with van der Waals surface area (Å²) in [5.41, 5.74) is 0.0401. The Hall–Kier alpha value is -0.294. The summed E-state index contributed by atoms with van der Waals surface area (Å²) in [5, 5.41) is -1.37. The molecule has 40 heavy (non-hydrogen) atoms. The van der Waals surface area contributed by atoms with Crippen molar-refractivity contribution < 1.29 is 83.4 Å². The molecular weight excluding hydrogens is 555 g/mol. The van der Waals surface area contributed by atoms with Crippen molar-refractivity contribution in [2.45, 2.75) is 135 Å². The Morgan fingerprint density at radius 3 is 1.40 bits per heavy atom. The molecule has 0 radical (unpaired) electrons. The predicted molar refractivity (Wildman–Crippen MR) is 155 cm³/mol. The first-order valence-electron chi connectivity index (χ1n) is 15.1. The van der Waals surface area contributed by atoms with Crippen molar-refractivity contribution in [3.05, 3.63) is 35.4 Å². The third kappa shape index (κ3) is 19.8. The molecule has 1 aromatic rings. The van der Waals surface area contributed by atoms with Crippen LogP contribution in [0.5, 0.6) is 0 Å². The van der Waals surface area contributed by atoms with Crippen molar-refractivity contribution in [2.75, 3.05) is 13.2 Å². The molecular formula is C31H51KO7S. The van der Waals surface area contributed by atoms with Gasteiger partial charge in [0.1, 0.15) is 16.7 Å². The average Bonchev–Trinajstić information content (AvgIpc) is 2.92. The van der Waals surface area contributed by atoms with E-state index in [1.54, 1.807) is 12.1 Å². The van der Waals surface area contributed by atoms with Gasteiger partial charge in [0.05, 0.1) is 23.0 Å². The Balaban J connectivity index is 0.0000152. The van der Waals surface area contributed by atoms with Crippen LogP contribution >= 0.6 is 0 Å². The SMILES string of the molecule is CCCCCCCCCCCCCCCCCCCCOC(=O)c1ccccc1C(=O)OCC(C)S(=O)(=O)[O-].[K+]. The van der Waals surface area contributed by atoms with Gasteiger partial charge in [0.25, 0.3) is 0 Å². The minimum atomic E-state index is -4.56. The van der Waals surface area contributed by atoms with E-state index < -0.39 is 33.9 Å². The first-order valence-corrected chi connectivity index (χ1v) is 16.6. The first kappa shape index (κ1) is 39.7. The molecule has 0 fully saturated rings. The third-order valence-electron chi connectivity index (χ3n) is 7.04. The molecule has 1 unspecified atom stereocenters. The summed E-state index contributed by atoms with van der Waals surface area (Å²) < 4.78 is 43.2. The van der Waals surface area contributed by atoms with Crippen LogP contribution < -0.4 is 51.4 Å². The molecule has 224 valence electrons. The fourth-order valence-corrected chi connectivity index (χ4v) is 4.67. The number of hydrogen-bond donors (Lipinski definition) is 0. The van der Waals surface area contributed by atoms with Gasteiger partial charge in [0.2, 0.25) is 0 Å². The van der Waals surface area contributed by atoms with Crippen molar-refractivity contribution in [3.8, 4) is 0 Å². The number of esters is 2. The van der Waals surface area contributed by atoms with Crippen molar-refractivity contribution in [3.63, 3.8) is 0 Å². The zero-order valence-electron chi connectivity index (χ0n) is 25.3. The third-order valence-corrected chi connectivity index (χ3v) is 8.16. The minimum absolute atomic E-state index is 0. The molecule has 0 spiro atoms. The van der Waals surface area contributed by atoms with Gasteiger partial charge in [-0.25, -0.2) is 18.0 Å². The summed E-state index contributed by atoms with van der Waals surface area (Å²) in [4.78, 5) is 24.8. The van der Waals surface area contributed by atoms with E-state index in [1.807, 2.05) is 0 Å². The molecule has 0 aliphatic carbocycles. The van der Waals surface area contributed by atoms with Gasteiger partial charge in [0.15, 0.2) is 0 Å². The number of carbonyl (C=O) groups excluding carboxylic acids is 2. The Kier molecular flexibility index (Phi) is 25.0. The van der Waals surface area contributed by atoms with Crippen LogP contribution in [-0.2, 0) is 19.6 Å². The molecule has 0 N–H and O–H groups in total. The number of benzene rings is 1. The summed E-state index contributed by atoms with van der Waals surface area (Å²) >= 11 is 0. The van der Waals surface area contributed by atoms with Crippen LogP contribution in [0, 0.1) is 0 Å². The number of ether oxygens (including phenoxy) is 2. The Morgan fingerprint density at radius 1 is 0.675 bits per heavy atom. The second-order valence-corrected chi connectivity index (χ2v) is 12.4. The van der Waals surface area contributed by atoms with E-state index in [-0.39, 0.29) is 69.1 Å². The van der Waals surface area contributed by atoms with Crippen LogP contribution in [0.4, 0.5) is 0 Å². The molecule has 1 atom stereocenters. The fraction of sp³-hybridized carbons (Fsp3) is 0.742. The van der Waals surface area contributed by atoms with Crippen LogP contribution in [0.2, 0.25) is 0 Å². The van der Waals surface area contributed by atoms with Crippen molar-refractivity contribution in [2.24, 2.45) is 0 Å². The van der Waals surface area contributed by atoms with E-state index in [0.29, 0.717) is 0 Å². The molecule has 0 heterocycles. The molecule has 1 aromatic carbocycles. The topological polar surface area (TPSA) is 110 Å². The predicted octanol–water partition coefficient (Wildman–Crippen LogP) is 4.98. The molecule has 9 heteroatoms. The summed E-state index contributed by atoms with van der Waals surface area (Å²) in [7, 11) is -4.56. The molecule has 7 nitrogen and oxygen atoms in total. The summed E-state index contributed by atoms with van der Waals surface area (Å²) in [6.45, 7) is 3.12. The monoisotopic (exact) mass is 606 g/mol. The summed E-state index contributed by atoms with van der Waals surface area (Å²) in [6, 6.07) is 6.04. The Bertz CT molecular complexity index is 905. The van der Waals surface area contributed by atoms with E-state index in [0.717, 1.165) is 26.2 Å². The molecule has 0 saturated carbocycles. The number of unbranched alkanes of at least 4 members (excludes halogenated alkanes) is 17. The van der Waals surface area contributed by atoms with Crippen molar-refractivity contribution in [1.29, 1.82) is 0 Å². The normalized spacial score (nSPS) is 12.0. The molecule has 1 rings (SSSR count). The molecule has 0 bridgehead atoms. The van der Waals surface area contributed by atoms with Crippen LogP contribution in [0.25, 0.3) is 0 Å². The van der Waals surface area contributed by atoms with E-state index in [1.165, 1.54) is 108 Å². The van der Waals surface area contributed by atoms with Crippen LogP contribution in [-0.4, -0.2) is 43.4 Å². The first-order chi connectivity index (χ1) is 18.8. The molecule has 0 aromatic heterocycles. The Labute approximate surface area is 286 Å². The van der Waals surface area contributed by atoms with Gasteiger partial charge >= 0.3 is 63.3 Å². The average molecular weight is 607 g/mol. The summed E-state index contributed by atoms with van der Waals surface area (Å²) in [5.74, 6) is -1.50. The molecule has 0 aliphatic heterocycles. The van der Waals surface area contributed by atoms with Gasteiger partial charge in [-0.1, -0.05) is 128 Å². The van der Waals surface area contributed by atoms with E-state index in [9.17, 15) is 22.6 Å². The zero-order valence-corrected chi connectivity index (χ0v) is 29.2. The molecule has 0 aliphatic rings. The smallest absolute Gasteiger partial charge is 0.748 e. The van der Waals surface area contributed by atoms with E-state index in [2.05, 4.69) is 6.92 Å². The van der Waals surface area contributed by atoms with Gasteiger partial charge in [-0.05, 0) is 25.5 Å². The van der Waals surface area contributed by atoms with E-state index >= 15 is 0 Å². The zero-order chi connectivity index (χ0) is 28.8. The van der Waals surface area contributed by atoms with Gasteiger partial charge in [-0.2, -0.15) is 0 Å². The van der Waals surface area contributed by atoms with Crippen LogP contribution in [0.3, 0.4) is 0 Å². The van der Waals surface area contributed by atoms with E-state index in [4.69, 9.17) is 9.47 Å². The molecule has 0 amide bonds. The second-order valence-electron chi connectivity index (χ2n) is 10.6. The van der Waals surface area contributed by atoms with Gasteiger partial charge in [-0.3, -0.25) is 0 Å². The van der Waals surface area contributed by atoms with Gasteiger partial charge < -0.3 is 14.0 Å². The number of hydrogen-bond acceptors (Lipinski definition) is 7. The maximum Gasteiger partial charge on any atom is 1.00 e. The largest absolute Gasteiger partial charge is 1.00 e. The number of rotatable bonds is 24. The quantitative estimate of drug-likeness (QED) is 0.0707. The maximum absolute atomic E-state index is 12.5. The fourth-order valence-electron chi connectivity index (χ4n) is 4.44. The van der Waals surface area contributed by atoms with Gasteiger partial charge in [-0.15, -0.1) is 0 Å². The maximum atomic E-state index is 12.5. The molecule has 0 saturated heterocycles. The standard InChI is InChI=1S/C31H52O7S.K/c1-3-4-5-6-7-8-9-10-11-12-13-14-15-16-17-18-19-22-25-37-30(32)28-23-20-21-24-29(28)31(33)38-26-27(2)39(34,35)36;/h20-21,23-24,27H,3-19,22,25-26H2,1-2H3,(H,34,35,36);/q;+1/p-1. The van der Waals surface area contributed by atoms with Crippen molar-refractivity contribution >= 4 is 22.1 Å². The van der Waals surface area contributed by atoms with Crippen LogP contribution in [0.15, 0.2) is 24.3 Å². The van der Waals surface area contributed by atoms with Crippen molar-refractivity contribution in [1.82, 2.24) is 0 Å². The summed E-state index contributed by atoms with van der Waals surface area (Å²) in [6.07, 6.45) is 23.1. The number of carbonyl (C=O) groups is 2. The van der Waals surface area contributed by atoms with Gasteiger partial charge in [0, 0.05) is 0 Å². The Morgan fingerprint density at radius 2 is 1.02 bits per heavy atom. The van der Waals surface area contributed by atoms with Crippen LogP contribution in [0.1, 0.15) is 150 Å². The second kappa shape index (κ2) is 25.2. The minimum Gasteiger partial charge on any atom is -0.748 e.